The maximum absolute atomic E-state index is 12.2. The van der Waals surface area contributed by atoms with E-state index >= 15 is 0 Å². The lowest BCUT2D eigenvalue weighted by Crippen LogP contribution is -2.32. The van der Waals surface area contributed by atoms with Crippen LogP contribution in [0.3, 0.4) is 0 Å². The monoisotopic (exact) mass is 277 g/mol. The van der Waals surface area contributed by atoms with Crippen molar-refractivity contribution in [3.63, 3.8) is 0 Å². The Bertz CT molecular complexity index is 542. The lowest BCUT2D eigenvalue weighted by molar-refractivity contribution is -0.116. The van der Waals surface area contributed by atoms with Crippen molar-refractivity contribution in [2.24, 2.45) is 0 Å². The summed E-state index contributed by atoms with van der Waals surface area (Å²) in [7, 11) is 0. The van der Waals surface area contributed by atoms with Gasteiger partial charge in [-0.3, -0.25) is 4.79 Å². The molecule has 0 aliphatic heterocycles. The van der Waals surface area contributed by atoms with Crippen molar-refractivity contribution in [3.8, 4) is 0 Å². The first-order chi connectivity index (χ1) is 9.22. The number of rotatable bonds is 5. The first kappa shape index (κ1) is 13.4. The van der Waals surface area contributed by atoms with Crippen LogP contribution in [0.15, 0.2) is 41.8 Å². The van der Waals surface area contributed by atoms with Gasteiger partial charge in [0.15, 0.2) is 0 Å². The summed E-state index contributed by atoms with van der Waals surface area (Å²) in [6, 6.07) is 9.58. The van der Waals surface area contributed by atoms with Crippen LogP contribution in [0.4, 0.5) is 5.69 Å². The second-order valence-electron chi connectivity index (χ2n) is 3.78. The molecule has 1 amide bonds. The molecule has 0 aliphatic carbocycles. The van der Waals surface area contributed by atoms with E-state index in [2.05, 4.69) is 10.2 Å². The molecule has 0 bridgehead atoms. The Hall–Kier alpha value is -2.02. The van der Waals surface area contributed by atoms with Crippen LogP contribution < -0.4 is 10.7 Å². The highest BCUT2D eigenvalue weighted by Crippen LogP contribution is 2.17. The Morgan fingerprint density at radius 3 is 2.74 bits per heavy atom. The van der Waals surface area contributed by atoms with Gasteiger partial charge in [0.1, 0.15) is 6.33 Å². The van der Waals surface area contributed by atoms with Gasteiger partial charge in [-0.15, -0.1) is 10.2 Å². The fourth-order valence-electron chi connectivity index (χ4n) is 1.65. The highest BCUT2D eigenvalue weighted by molar-refractivity contribution is 7.99. The van der Waals surface area contributed by atoms with Crippen molar-refractivity contribution in [2.75, 3.05) is 23.0 Å². The number of anilines is 1. The first-order valence-corrected chi connectivity index (χ1v) is 6.84. The minimum Gasteiger partial charge on any atom is -0.336 e. The fourth-order valence-corrected chi connectivity index (χ4v) is 2.36. The smallest absolute Gasteiger partial charge is 0.237 e. The lowest BCUT2D eigenvalue weighted by atomic mass is 10.3. The summed E-state index contributed by atoms with van der Waals surface area (Å²) in [5.74, 6) is 5.88. The van der Waals surface area contributed by atoms with E-state index in [0.717, 1.165) is 5.69 Å². The summed E-state index contributed by atoms with van der Waals surface area (Å²) in [5, 5.41) is 8.02. The van der Waals surface area contributed by atoms with Gasteiger partial charge in [0.25, 0.3) is 0 Å². The average Bonchev–Trinajstić information content (AvgIpc) is 2.84. The Morgan fingerprint density at radius 1 is 1.42 bits per heavy atom. The van der Waals surface area contributed by atoms with Crippen molar-refractivity contribution < 1.29 is 4.79 Å². The predicted octanol–water partition coefficient (Wildman–Crippen LogP) is 1.14. The molecule has 0 saturated heterocycles. The van der Waals surface area contributed by atoms with Gasteiger partial charge < -0.3 is 10.7 Å². The minimum atomic E-state index is 0.0155. The zero-order chi connectivity index (χ0) is 13.7. The normalized spacial score (nSPS) is 10.4. The lowest BCUT2D eigenvalue weighted by Gasteiger charge is -2.20. The Morgan fingerprint density at radius 2 is 2.16 bits per heavy atom. The Labute approximate surface area is 115 Å². The van der Waals surface area contributed by atoms with Gasteiger partial charge in [0.05, 0.1) is 5.75 Å². The van der Waals surface area contributed by atoms with E-state index in [1.54, 1.807) is 4.90 Å². The third-order valence-electron chi connectivity index (χ3n) is 2.55. The maximum Gasteiger partial charge on any atom is 0.237 e. The number of nitrogens with zero attached hydrogens (tertiary/aromatic N) is 4. The molecule has 2 rings (SSSR count). The zero-order valence-electron chi connectivity index (χ0n) is 10.6. The largest absolute Gasteiger partial charge is 0.336 e. The molecule has 2 aromatic rings. The van der Waals surface area contributed by atoms with Gasteiger partial charge in [0.2, 0.25) is 11.1 Å². The van der Waals surface area contributed by atoms with Crippen LogP contribution >= 0.6 is 11.8 Å². The number of nitrogen functional groups attached to an aromatic ring is 1. The molecule has 0 atom stereocenters. The minimum absolute atomic E-state index is 0.0155. The third-order valence-corrected chi connectivity index (χ3v) is 3.49. The van der Waals surface area contributed by atoms with Crippen molar-refractivity contribution in [3.05, 3.63) is 36.7 Å². The second-order valence-corrected chi connectivity index (χ2v) is 4.73. The molecule has 0 aliphatic rings. The number of hydrogen-bond acceptors (Lipinski definition) is 5. The van der Waals surface area contributed by atoms with E-state index in [0.29, 0.717) is 11.7 Å². The third kappa shape index (κ3) is 3.25. The molecule has 19 heavy (non-hydrogen) atoms. The summed E-state index contributed by atoms with van der Waals surface area (Å²) in [4.78, 5) is 13.9. The number of carbonyl (C=O) groups excluding carboxylic acids is 1. The number of benzene rings is 1. The van der Waals surface area contributed by atoms with E-state index < -0.39 is 0 Å². The number of para-hydroxylation sites is 1. The van der Waals surface area contributed by atoms with Gasteiger partial charge in [-0.1, -0.05) is 30.0 Å². The summed E-state index contributed by atoms with van der Waals surface area (Å²) < 4.78 is 1.30. The van der Waals surface area contributed by atoms with Crippen molar-refractivity contribution in [2.45, 2.75) is 12.1 Å². The standard InChI is InChI=1S/C12H15N5OS/c1-2-16(10-6-4-3-5-7-10)11(18)8-19-12-15-14-9-17(12)13/h3-7,9H,2,8,13H2,1H3. The van der Waals surface area contributed by atoms with Crippen LogP contribution in [0, 0.1) is 0 Å². The molecule has 1 aromatic carbocycles. The number of carbonyl (C=O) groups is 1. The molecule has 6 nitrogen and oxygen atoms in total. The number of nitrogens with two attached hydrogens (primary N) is 1. The molecule has 100 valence electrons. The molecular weight excluding hydrogens is 262 g/mol. The van der Waals surface area contributed by atoms with Crippen LogP contribution in [-0.4, -0.2) is 33.1 Å². The van der Waals surface area contributed by atoms with Gasteiger partial charge >= 0.3 is 0 Å². The van der Waals surface area contributed by atoms with Crippen molar-refractivity contribution >= 4 is 23.4 Å². The van der Waals surface area contributed by atoms with Gasteiger partial charge in [-0.25, -0.2) is 4.68 Å². The maximum atomic E-state index is 12.2. The molecule has 0 saturated carbocycles. The molecule has 0 unspecified atom stereocenters. The van der Waals surface area contributed by atoms with Gasteiger partial charge in [0, 0.05) is 12.2 Å². The van der Waals surface area contributed by atoms with Crippen LogP contribution in [-0.2, 0) is 4.79 Å². The van der Waals surface area contributed by atoms with Crippen LogP contribution in [0.5, 0.6) is 0 Å². The SMILES string of the molecule is CCN(C(=O)CSc1nncn1N)c1ccccc1. The fraction of sp³-hybridized carbons (Fsp3) is 0.250. The number of thioether (sulfide) groups is 1. The summed E-state index contributed by atoms with van der Waals surface area (Å²) in [6.45, 7) is 2.57. The molecule has 0 fully saturated rings. The van der Waals surface area contributed by atoms with Crippen LogP contribution in [0.1, 0.15) is 6.92 Å². The van der Waals surface area contributed by atoms with E-state index in [1.807, 2.05) is 37.3 Å². The molecule has 1 aromatic heterocycles. The molecule has 0 radical (unpaired) electrons. The molecular formula is C12H15N5OS. The molecule has 2 N–H and O–H groups in total. The first-order valence-electron chi connectivity index (χ1n) is 5.85. The summed E-state index contributed by atoms with van der Waals surface area (Å²) in [5.41, 5.74) is 0.893. The number of aromatic nitrogens is 3. The van der Waals surface area contributed by atoms with Crippen LogP contribution in [0.25, 0.3) is 0 Å². The Balaban J connectivity index is 2.00. The zero-order valence-corrected chi connectivity index (χ0v) is 11.4. The van der Waals surface area contributed by atoms with Crippen LogP contribution in [0.2, 0.25) is 0 Å². The van der Waals surface area contributed by atoms with E-state index in [9.17, 15) is 4.79 Å². The second kappa shape index (κ2) is 6.24. The van der Waals surface area contributed by atoms with Crippen molar-refractivity contribution in [1.29, 1.82) is 0 Å². The molecule has 7 heteroatoms. The summed E-state index contributed by atoms with van der Waals surface area (Å²) in [6.07, 6.45) is 1.40. The Kier molecular flexibility index (Phi) is 4.40. The predicted molar refractivity (Wildman–Crippen MR) is 75.4 cm³/mol. The number of hydrogen-bond donors (Lipinski definition) is 1. The van der Waals surface area contributed by atoms with Crippen molar-refractivity contribution in [1.82, 2.24) is 14.9 Å². The number of amides is 1. The highest BCUT2D eigenvalue weighted by atomic mass is 32.2. The average molecular weight is 277 g/mol. The highest BCUT2D eigenvalue weighted by Gasteiger charge is 2.15. The quantitative estimate of drug-likeness (QED) is 0.655. The van der Waals surface area contributed by atoms with Gasteiger partial charge in [-0.2, -0.15) is 0 Å². The molecule has 1 heterocycles. The van der Waals surface area contributed by atoms with E-state index in [4.69, 9.17) is 5.84 Å². The topological polar surface area (TPSA) is 77.0 Å². The summed E-state index contributed by atoms with van der Waals surface area (Å²) >= 11 is 1.27. The van der Waals surface area contributed by atoms with E-state index in [-0.39, 0.29) is 11.7 Å². The molecule has 0 spiro atoms. The van der Waals surface area contributed by atoms with Gasteiger partial charge in [-0.05, 0) is 19.1 Å². The van der Waals surface area contributed by atoms with E-state index in [1.165, 1.54) is 22.8 Å².